The van der Waals surface area contributed by atoms with Crippen molar-refractivity contribution < 1.29 is 10.0 Å². The van der Waals surface area contributed by atoms with Crippen molar-refractivity contribution in [1.29, 1.82) is 0 Å². The molecule has 4 heteroatoms. The molecule has 0 aromatic rings. The van der Waals surface area contributed by atoms with Gasteiger partial charge in [-0.15, -0.1) is 11.6 Å². The predicted octanol–water partition coefficient (Wildman–Crippen LogP) is -0.269. The molecular formula is C2H4ClNO2. The van der Waals surface area contributed by atoms with Crippen LogP contribution in [0.4, 0.5) is 0 Å². The van der Waals surface area contributed by atoms with Crippen molar-refractivity contribution in [2.45, 2.75) is 0 Å². The molecule has 0 saturated heterocycles. The van der Waals surface area contributed by atoms with Crippen LogP contribution in [0.1, 0.15) is 0 Å². The fourth-order valence-electron chi connectivity index (χ4n) is 0.0299. The fraction of sp³-hybridized carbons (Fsp3) is 0.500. The first-order valence-electron chi connectivity index (χ1n) is 1.30. The highest BCUT2D eigenvalue weighted by molar-refractivity contribution is 6.27. The van der Waals surface area contributed by atoms with Crippen LogP contribution in [0.2, 0.25) is 0 Å². The maximum atomic E-state index is 9.69. The number of nitrogens with one attached hydrogen (secondary N) is 1. The fourth-order valence-corrected chi connectivity index (χ4v) is 0.0896. The molecule has 0 aromatic heterocycles. The molecule has 0 aromatic carbocycles. The molecule has 0 aliphatic rings. The summed E-state index contributed by atoms with van der Waals surface area (Å²) in [5, 5.41) is 7.65. The Morgan fingerprint density at radius 3 is 2.50 bits per heavy atom. The van der Waals surface area contributed by atoms with Crippen LogP contribution in [-0.4, -0.2) is 17.0 Å². The predicted molar refractivity (Wildman–Crippen MR) is 20.6 cm³/mol. The summed E-state index contributed by atoms with van der Waals surface area (Å²) in [7, 11) is 0. The van der Waals surface area contributed by atoms with E-state index in [-0.39, 0.29) is 5.88 Å². The SMILES string of the molecule is O=C(CCl)NO. The molecule has 0 fully saturated rings. The van der Waals surface area contributed by atoms with Gasteiger partial charge in [0.2, 0.25) is 0 Å². The van der Waals surface area contributed by atoms with E-state index in [1.807, 2.05) is 0 Å². The van der Waals surface area contributed by atoms with Crippen LogP contribution in [0, 0.1) is 0 Å². The van der Waals surface area contributed by atoms with Crippen molar-refractivity contribution in [3.63, 3.8) is 0 Å². The van der Waals surface area contributed by atoms with Crippen LogP contribution in [-0.2, 0) is 4.79 Å². The second kappa shape index (κ2) is 2.93. The molecule has 0 unspecified atom stereocenters. The third-order valence-corrected chi connectivity index (χ3v) is 0.489. The third kappa shape index (κ3) is 1.99. The van der Waals surface area contributed by atoms with Gasteiger partial charge in [-0.1, -0.05) is 0 Å². The molecular weight excluding hydrogens is 105 g/mol. The molecule has 0 atom stereocenters. The van der Waals surface area contributed by atoms with Gasteiger partial charge in [-0.05, 0) is 0 Å². The van der Waals surface area contributed by atoms with Gasteiger partial charge in [0.25, 0.3) is 5.91 Å². The van der Waals surface area contributed by atoms with Gasteiger partial charge in [0.05, 0.1) is 0 Å². The molecule has 0 aliphatic carbocycles. The minimum atomic E-state index is -0.586. The summed E-state index contributed by atoms with van der Waals surface area (Å²) in [4.78, 5) is 9.69. The van der Waals surface area contributed by atoms with Gasteiger partial charge in [-0.3, -0.25) is 10.0 Å². The number of rotatable bonds is 1. The van der Waals surface area contributed by atoms with Gasteiger partial charge >= 0.3 is 0 Å². The van der Waals surface area contributed by atoms with Gasteiger partial charge in [0.15, 0.2) is 0 Å². The summed E-state index contributed by atoms with van der Waals surface area (Å²) in [6, 6.07) is 0. The molecule has 6 heavy (non-hydrogen) atoms. The Balaban J connectivity index is 2.99. The van der Waals surface area contributed by atoms with Gasteiger partial charge in [0, 0.05) is 0 Å². The van der Waals surface area contributed by atoms with E-state index in [9.17, 15) is 4.79 Å². The molecule has 0 rings (SSSR count). The highest BCUT2D eigenvalue weighted by atomic mass is 35.5. The maximum Gasteiger partial charge on any atom is 0.258 e. The van der Waals surface area contributed by atoms with E-state index < -0.39 is 5.91 Å². The van der Waals surface area contributed by atoms with E-state index in [4.69, 9.17) is 16.8 Å². The number of hydroxylamine groups is 1. The number of alkyl halides is 1. The average Bonchev–Trinajstić information content (AvgIpc) is 1.65. The first kappa shape index (κ1) is 5.72. The zero-order valence-electron chi connectivity index (χ0n) is 2.94. The summed E-state index contributed by atoms with van der Waals surface area (Å²) in [6.45, 7) is 0. The molecule has 0 radical (unpaired) electrons. The number of hydrogen-bond acceptors (Lipinski definition) is 2. The normalized spacial score (nSPS) is 7.67. The molecule has 0 saturated carbocycles. The van der Waals surface area contributed by atoms with Crippen LogP contribution >= 0.6 is 11.6 Å². The average molecular weight is 110 g/mol. The van der Waals surface area contributed by atoms with Crippen molar-refractivity contribution in [1.82, 2.24) is 5.48 Å². The van der Waals surface area contributed by atoms with E-state index >= 15 is 0 Å². The smallest absolute Gasteiger partial charge is 0.258 e. The van der Waals surface area contributed by atoms with Gasteiger partial charge in [-0.2, -0.15) is 0 Å². The molecule has 0 bridgehead atoms. The monoisotopic (exact) mass is 109 g/mol. The molecule has 1 amide bonds. The second-order valence-electron chi connectivity index (χ2n) is 0.669. The van der Waals surface area contributed by atoms with Crippen LogP contribution in [0.5, 0.6) is 0 Å². The Morgan fingerprint density at radius 1 is 2.00 bits per heavy atom. The Morgan fingerprint density at radius 2 is 2.50 bits per heavy atom. The zero-order chi connectivity index (χ0) is 4.99. The number of halogens is 1. The van der Waals surface area contributed by atoms with E-state index in [2.05, 4.69) is 0 Å². The molecule has 0 heterocycles. The summed E-state index contributed by atoms with van der Waals surface area (Å²) < 4.78 is 0. The number of amides is 1. The Bertz CT molecular complexity index is 49.5. The maximum absolute atomic E-state index is 9.69. The van der Waals surface area contributed by atoms with E-state index in [1.165, 1.54) is 5.48 Å². The van der Waals surface area contributed by atoms with Gasteiger partial charge in [0.1, 0.15) is 5.88 Å². The minimum Gasteiger partial charge on any atom is -0.289 e. The van der Waals surface area contributed by atoms with Crippen LogP contribution < -0.4 is 5.48 Å². The lowest BCUT2D eigenvalue weighted by Crippen LogP contribution is -2.19. The van der Waals surface area contributed by atoms with Crippen molar-refractivity contribution in [3.05, 3.63) is 0 Å². The molecule has 2 N–H and O–H groups in total. The van der Waals surface area contributed by atoms with Crippen LogP contribution in [0.25, 0.3) is 0 Å². The topological polar surface area (TPSA) is 49.3 Å². The van der Waals surface area contributed by atoms with Crippen LogP contribution in [0.3, 0.4) is 0 Å². The first-order chi connectivity index (χ1) is 2.81. The van der Waals surface area contributed by atoms with E-state index in [0.717, 1.165) is 0 Å². The first-order valence-corrected chi connectivity index (χ1v) is 1.83. The molecule has 36 valence electrons. The highest BCUT2D eigenvalue weighted by Crippen LogP contribution is 1.68. The summed E-state index contributed by atoms with van der Waals surface area (Å²) in [6.07, 6.45) is 0. The van der Waals surface area contributed by atoms with Crippen molar-refractivity contribution in [3.8, 4) is 0 Å². The molecule has 0 spiro atoms. The lowest BCUT2D eigenvalue weighted by Gasteiger charge is -1.84. The van der Waals surface area contributed by atoms with E-state index in [1.54, 1.807) is 0 Å². The standard InChI is InChI=1S/C2H4ClNO2/c3-1-2(5)4-6/h6H,1H2,(H,4,5). The van der Waals surface area contributed by atoms with Gasteiger partial charge in [-0.25, -0.2) is 5.48 Å². The lowest BCUT2D eigenvalue weighted by atomic mass is 10.8. The van der Waals surface area contributed by atoms with Crippen LogP contribution in [0.15, 0.2) is 0 Å². The van der Waals surface area contributed by atoms with Crippen molar-refractivity contribution >= 4 is 17.5 Å². The summed E-state index contributed by atoms with van der Waals surface area (Å²) in [5.41, 5.74) is 1.34. The minimum absolute atomic E-state index is 0.198. The quantitative estimate of drug-likeness (QED) is 0.277. The lowest BCUT2D eigenvalue weighted by molar-refractivity contribution is -0.126. The Hall–Kier alpha value is -0.280. The Kier molecular flexibility index (Phi) is 2.80. The number of carbonyl (C=O) groups excluding carboxylic acids is 1. The summed E-state index contributed by atoms with van der Waals surface area (Å²) >= 11 is 4.88. The third-order valence-electron chi connectivity index (χ3n) is 0.246. The zero-order valence-corrected chi connectivity index (χ0v) is 3.70. The molecule has 0 aliphatic heterocycles. The van der Waals surface area contributed by atoms with E-state index in [0.29, 0.717) is 0 Å². The van der Waals surface area contributed by atoms with Crippen molar-refractivity contribution in [2.24, 2.45) is 0 Å². The molecule has 3 nitrogen and oxygen atoms in total. The highest BCUT2D eigenvalue weighted by Gasteiger charge is 1.88. The number of carbonyl (C=O) groups is 1. The Labute approximate surface area is 39.9 Å². The largest absolute Gasteiger partial charge is 0.289 e. The van der Waals surface area contributed by atoms with Crippen molar-refractivity contribution in [2.75, 3.05) is 5.88 Å². The second-order valence-corrected chi connectivity index (χ2v) is 0.936. The van der Waals surface area contributed by atoms with Gasteiger partial charge < -0.3 is 0 Å². The summed E-state index contributed by atoms with van der Waals surface area (Å²) in [5.74, 6) is -0.784. The number of hydrogen-bond donors (Lipinski definition) is 2.